The molecule has 5 nitrogen and oxygen atoms in total. The van der Waals surface area contributed by atoms with Crippen molar-refractivity contribution in [3.63, 3.8) is 0 Å². The molecule has 0 spiro atoms. The van der Waals surface area contributed by atoms with Crippen LogP contribution in [0.4, 0.5) is 0 Å². The van der Waals surface area contributed by atoms with Gasteiger partial charge in [0.1, 0.15) is 21.9 Å². The van der Waals surface area contributed by atoms with Gasteiger partial charge >= 0.3 is 5.97 Å². The number of aryl methyl sites for hydroxylation is 2. The molecule has 1 aliphatic carbocycles. The van der Waals surface area contributed by atoms with Gasteiger partial charge in [-0.25, -0.2) is 14.8 Å². The molecule has 0 bridgehead atoms. The molecule has 1 aromatic carbocycles. The molecule has 0 unspecified atom stereocenters. The molecule has 0 atom stereocenters. The molecular formula is C20H20N2O3S2. The Morgan fingerprint density at radius 2 is 2.00 bits per heavy atom. The lowest BCUT2D eigenvalue weighted by Gasteiger charge is -2.11. The Hall–Kier alpha value is -2.12. The standard InChI is InChI=1S/C20H20N2O3S2/c23-20(24)13-6-8-14(9-7-13)25-10-3-11-26-18-17-15-4-1-2-5-16(15)27-19(17)22-12-21-18/h6-9,12H,1-5,10-11H2,(H,23,24). The fourth-order valence-electron chi connectivity index (χ4n) is 3.28. The number of carbonyl (C=O) groups is 1. The van der Waals surface area contributed by atoms with Crippen molar-refractivity contribution < 1.29 is 14.6 Å². The summed E-state index contributed by atoms with van der Waals surface area (Å²) >= 11 is 3.59. The minimum absolute atomic E-state index is 0.268. The van der Waals surface area contributed by atoms with Gasteiger partial charge in [0.05, 0.1) is 12.2 Å². The molecule has 2 heterocycles. The van der Waals surface area contributed by atoms with Crippen molar-refractivity contribution in [2.45, 2.75) is 37.1 Å². The summed E-state index contributed by atoms with van der Waals surface area (Å²) < 4.78 is 5.70. The number of hydrogen-bond acceptors (Lipinski definition) is 6. The molecule has 3 aromatic rings. The molecule has 0 saturated carbocycles. The highest BCUT2D eigenvalue weighted by Gasteiger charge is 2.19. The van der Waals surface area contributed by atoms with E-state index in [4.69, 9.17) is 9.84 Å². The number of hydrogen-bond donors (Lipinski definition) is 1. The zero-order valence-corrected chi connectivity index (χ0v) is 16.4. The average molecular weight is 401 g/mol. The SMILES string of the molecule is O=C(O)c1ccc(OCCCSc2ncnc3sc4c(c23)CCCC4)cc1. The second kappa shape index (κ2) is 8.27. The molecule has 140 valence electrons. The van der Waals surface area contributed by atoms with Crippen LogP contribution in [0, 0.1) is 0 Å². The fraction of sp³-hybridized carbons (Fsp3) is 0.350. The van der Waals surface area contributed by atoms with Gasteiger partial charge in [-0.3, -0.25) is 0 Å². The van der Waals surface area contributed by atoms with Crippen LogP contribution >= 0.6 is 23.1 Å². The first-order valence-corrected chi connectivity index (χ1v) is 10.9. The highest BCUT2D eigenvalue weighted by Crippen LogP contribution is 2.39. The van der Waals surface area contributed by atoms with E-state index in [0.29, 0.717) is 12.4 Å². The summed E-state index contributed by atoms with van der Waals surface area (Å²) in [4.78, 5) is 22.5. The van der Waals surface area contributed by atoms with E-state index in [1.807, 2.05) is 11.3 Å². The summed E-state index contributed by atoms with van der Waals surface area (Å²) in [5.41, 5.74) is 1.74. The maximum absolute atomic E-state index is 10.9. The van der Waals surface area contributed by atoms with Crippen LogP contribution in [0.15, 0.2) is 35.6 Å². The molecule has 0 saturated heterocycles. The highest BCUT2D eigenvalue weighted by molar-refractivity contribution is 7.99. The van der Waals surface area contributed by atoms with Crippen molar-refractivity contribution in [3.8, 4) is 5.75 Å². The summed E-state index contributed by atoms with van der Waals surface area (Å²) in [6, 6.07) is 6.51. The zero-order chi connectivity index (χ0) is 18.6. The topological polar surface area (TPSA) is 72.3 Å². The molecule has 1 aliphatic rings. The van der Waals surface area contributed by atoms with Gasteiger partial charge in [-0.15, -0.1) is 23.1 Å². The normalized spacial score (nSPS) is 13.5. The third-order valence-electron chi connectivity index (χ3n) is 4.61. The number of aromatic nitrogens is 2. The predicted octanol–water partition coefficient (Wildman–Crippen LogP) is 4.83. The van der Waals surface area contributed by atoms with E-state index in [1.165, 1.54) is 35.1 Å². The van der Waals surface area contributed by atoms with Gasteiger partial charge in [-0.2, -0.15) is 0 Å². The number of rotatable bonds is 7. The van der Waals surface area contributed by atoms with Gasteiger partial charge in [0.15, 0.2) is 0 Å². The van der Waals surface area contributed by atoms with Crippen molar-refractivity contribution in [2.75, 3.05) is 12.4 Å². The zero-order valence-electron chi connectivity index (χ0n) is 14.8. The third-order valence-corrected chi connectivity index (χ3v) is 6.89. The van der Waals surface area contributed by atoms with Gasteiger partial charge < -0.3 is 9.84 Å². The van der Waals surface area contributed by atoms with E-state index in [-0.39, 0.29) is 5.56 Å². The van der Waals surface area contributed by atoms with Crippen LogP contribution in [0.25, 0.3) is 10.2 Å². The number of fused-ring (bicyclic) bond motifs is 3. The summed E-state index contributed by atoms with van der Waals surface area (Å²) in [6.45, 7) is 0.593. The highest BCUT2D eigenvalue weighted by atomic mass is 32.2. The summed E-state index contributed by atoms with van der Waals surface area (Å²) in [6.07, 6.45) is 7.42. The van der Waals surface area contributed by atoms with Crippen LogP contribution in [-0.2, 0) is 12.8 Å². The van der Waals surface area contributed by atoms with E-state index in [0.717, 1.165) is 28.5 Å². The third kappa shape index (κ3) is 4.09. The van der Waals surface area contributed by atoms with E-state index in [9.17, 15) is 4.79 Å². The quantitative estimate of drug-likeness (QED) is 0.348. The number of aromatic carboxylic acids is 1. The second-order valence-electron chi connectivity index (χ2n) is 6.45. The van der Waals surface area contributed by atoms with Gasteiger partial charge in [0.25, 0.3) is 0 Å². The van der Waals surface area contributed by atoms with Gasteiger partial charge in [0, 0.05) is 16.0 Å². The van der Waals surface area contributed by atoms with E-state index >= 15 is 0 Å². The Bertz CT molecular complexity index is 954. The number of carboxylic acid groups (broad SMARTS) is 1. The number of ether oxygens (including phenoxy) is 1. The first kappa shape index (κ1) is 18.3. The number of thioether (sulfide) groups is 1. The van der Waals surface area contributed by atoms with Gasteiger partial charge in [-0.1, -0.05) is 0 Å². The van der Waals surface area contributed by atoms with E-state index in [1.54, 1.807) is 42.4 Å². The smallest absolute Gasteiger partial charge is 0.335 e. The maximum Gasteiger partial charge on any atom is 0.335 e. The van der Waals surface area contributed by atoms with Crippen LogP contribution in [0.3, 0.4) is 0 Å². The Labute approximate surface area is 165 Å². The average Bonchev–Trinajstić information content (AvgIpc) is 3.07. The number of nitrogens with zero attached hydrogens (tertiary/aromatic N) is 2. The molecule has 0 amide bonds. The predicted molar refractivity (Wildman–Crippen MR) is 108 cm³/mol. The van der Waals surface area contributed by atoms with Crippen molar-refractivity contribution in [1.29, 1.82) is 0 Å². The molecule has 0 radical (unpaired) electrons. The summed E-state index contributed by atoms with van der Waals surface area (Å²) in [5.74, 6) is 0.690. The van der Waals surface area contributed by atoms with Gasteiger partial charge in [0.2, 0.25) is 0 Å². The second-order valence-corrected chi connectivity index (χ2v) is 8.62. The molecular weight excluding hydrogens is 380 g/mol. The van der Waals surface area contributed by atoms with Crippen molar-refractivity contribution >= 4 is 39.3 Å². The van der Waals surface area contributed by atoms with Crippen molar-refractivity contribution in [1.82, 2.24) is 9.97 Å². The Morgan fingerprint density at radius 1 is 1.19 bits per heavy atom. The molecule has 0 aliphatic heterocycles. The van der Waals surface area contributed by atoms with Crippen molar-refractivity contribution in [3.05, 3.63) is 46.6 Å². The Morgan fingerprint density at radius 3 is 2.81 bits per heavy atom. The summed E-state index contributed by atoms with van der Waals surface area (Å²) in [5, 5.41) is 11.3. The number of thiophene rings is 1. The Balaban J connectivity index is 1.33. The lowest BCUT2D eigenvalue weighted by atomic mass is 9.97. The molecule has 2 aromatic heterocycles. The lowest BCUT2D eigenvalue weighted by Crippen LogP contribution is -2.01. The fourth-order valence-corrected chi connectivity index (χ4v) is 5.52. The van der Waals surface area contributed by atoms with Crippen molar-refractivity contribution in [2.24, 2.45) is 0 Å². The van der Waals surface area contributed by atoms with E-state index in [2.05, 4.69) is 9.97 Å². The van der Waals surface area contributed by atoms with Gasteiger partial charge in [-0.05, 0) is 61.9 Å². The molecule has 1 N–H and O–H groups in total. The van der Waals surface area contributed by atoms with E-state index < -0.39 is 5.97 Å². The molecule has 0 fully saturated rings. The Kier molecular flexibility index (Phi) is 5.59. The molecule has 7 heteroatoms. The first-order valence-electron chi connectivity index (χ1n) is 9.06. The monoisotopic (exact) mass is 400 g/mol. The van der Waals surface area contributed by atoms with Crippen LogP contribution in [0.5, 0.6) is 5.75 Å². The van der Waals surface area contributed by atoms with Crippen LogP contribution in [0.1, 0.15) is 40.1 Å². The minimum atomic E-state index is -0.926. The van der Waals surface area contributed by atoms with Crippen LogP contribution in [0.2, 0.25) is 0 Å². The number of benzene rings is 1. The lowest BCUT2D eigenvalue weighted by molar-refractivity contribution is 0.0697. The largest absolute Gasteiger partial charge is 0.494 e. The summed E-state index contributed by atoms with van der Waals surface area (Å²) in [7, 11) is 0. The first-order chi connectivity index (χ1) is 13.2. The molecule has 27 heavy (non-hydrogen) atoms. The number of carboxylic acids is 1. The molecule has 4 rings (SSSR count). The van der Waals surface area contributed by atoms with Crippen LogP contribution < -0.4 is 4.74 Å². The van der Waals surface area contributed by atoms with Crippen LogP contribution in [-0.4, -0.2) is 33.4 Å². The maximum atomic E-state index is 10.9. The minimum Gasteiger partial charge on any atom is -0.494 e.